The molecule has 2 aromatic rings. The summed E-state index contributed by atoms with van der Waals surface area (Å²) in [4.78, 5) is 23.8. The van der Waals surface area contributed by atoms with Crippen molar-refractivity contribution in [3.05, 3.63) is 53.6 Å². The number of aromatic nitrogens is 2. The van der Waals surface area contributed by atoms with Gasteiger partial charge in [-0.25, -0.2) is 4.98 Å². The first-order chi connectivity index (χ1) is 14.2. The number of aromatic amines is 1. The first-order valence-corrected chi connectivity index (χ1v) is 11.2. The number of carbonyl (C=O) groups is 1. The van der Waals surface area contributed by atoms with Crippen LogP contribution in [0.1, 0.15) is 63.0 Å². The molecule has 0 spiro atoms. The summed E-state index contributed by atoms with van der Waals surface area (Å²) < 4.78 is 5.62. The zero-order valence-electron chi connectivity index (χ0n) is 17.7. The molecule has 1 aromatic heterocycles. The normalized spacial score (nSPS) is 26.1. The molecular weight excluding hydrogens is 362 g/mol. The predicted molar refractivity (Wildman–Crippen MR) is 113 cm³/mol. The first kappa shape index (κ1) is 20.1. The Bertz CT molecular complexity index is 819. The van der Waals surface area contributed by atoms with Crippen molar-refractivity contribution < 1.29 is 9.53 Å². The van der Waals surface area contributed by atoms with Crippen LogP contribution >= 0.6 is 0 Å². The van der Waals surface area contributed by atoms with Gasteiger partial charge in [0, 0.05) is 36.9 Å². The molecule has 0 amide bonds. The van der Waals surface area contributed by atoms with Crippen LogP contribution in [0.4, 0.5) is 0 Å². The van der Waals surface area contributed by atoms with Gasteiger partial charge in [-0.15, -0.1) is 0 Å². The van der Waals surface area contributed by atoms with Crippen LogP contribution in [0.15, 0.2) is 36.5 Å². The number of hydrogen-bond acceptors (Lipinski definition) is 4. The third-order valence-electron chi connectivity index (χ3n) is 6.73. The molecule has 0 radical (unpaired) electrons. The van der Waals surface area contributed by atoms with Crippen molar-refractivity contribution in [2.45, 2.75) is 77.4 Å². The quantitative estimate of drug-likeness (QED) is 0.644. The van der Waals surface area contributed by atoms with E-state index < -0.39 is 5.41 Å². The molecule has 4 rings (SSSR count). The van der Waals surface area contributed by atoms with E-state index in [1.165, 1.54) is 12.0 Å². The SMILES string of the molecule is CCCCc1ncc(CN2[C@H]3CC[C@@H]2[C@](Cc2ccccc2)(C(=O)OCC)C3)[nH]1. The standard InChI is InChI=1S/C24H33N3O2/c1-3-5-11-22-25-16-19(26-22)17-27-20-12-13-21(27)24(15-20,23(28)29-4-2)14-18-9-7-6-8-10-18/h6-10,16,20-21H,3-5,11-15,17H2,1-2H3,(H,25,26)/t20-,21+,24+/m0/s1. The highest BCUT2D eigenvalue weighted by Gasteiger charge is 2.60. The third-order valence-corrected chi connectivity index (χ3v) is 6.73. The Morgan fingerprint density at radius 3 is 2.86 bits per heavy atom. The molecule has 3 heterocycles. The van der Waals surface area contributed by atoms with Crippen LogP contribution in [-0.2, 0) is 28.9 Å². The molecular formula is C24H33N3O2. The molecule has 29 heavy (non-hydrogen) atoms. The van der Waals surface area contributed by atoms with Crippen LogP contribution in [0.3, 0.4) is 0 Å². The first-order valence-electron chi connectivity index (χ1n) is 11.2. The molecule has 5 nitrogen and oxygen atoms in total. The number of fused-ring (bicyclic) bond motifs is 2. The number of esters is 1. The summed E-state index contributed by atoms with van der Waals surface area (Å²) in [5.74, 6) is 1.06. The summed E-state index contributed by atoms with van der Waals surface area (Å²) in [7, 11) is 0. The Labute approximate surface area is 173 Å². The minimum atomic E-state index is -0.439. The molecule has 0 unspecified atom stereocenters. The maximum Gasteiger partial charge on any atom is 0.314 e. The van der Waals surface area contributed by atoms with Gasteiger partial charge in [0.25, 0.3) is 0 Å². The van der Waals surface area contributed by atoms with Gasteiger partial charge in [0.15, 0.2) is 0 Å². The number of H-pyrrole nitrogens is 1. The van der Waals surface area contributed by atoms with Gasteiger partial charge in [-0.1, -0.05) is 43.7 Å². The average Bonchev–Trinajstić information content (AvgIpc) is 3.42. The highest BCUT2D eigenvalue weighted by molar-refractivity contribution is 5.79. The van der Waals surface area contributed by atoms with Crippen molar-refractivity contribution >= 4 is 5.97 Å². The van der Waals surface area contributed by atoms with Gasteiger partial charge < -0.3 is 9.72 Å². The van der Waals surface area contributed by atoms with Crippen molar-refractivity contribution in [2.24, 2.45) is 5.41 Å². The maximum atomic E-state index is 13.2. The van der Waals surface area contributed by atoms with E-state index in [4.69, 9.17) is 4.74 Å². The summed E-state index contributed by atoms with van der Waals surface area (Å²) in [6, 6.07) is 11.1. The van der Waals surface area contributed by atoms with Crippen LogP contribution in [-0.4, -0.2) is 39.5 Å². The third kappa shape index (κ3) is 3.97. The molecule has 0 aliphatic carbocycles. The number of aryl methyl sites for hydroxylation is 1. The summed E-state index contributed by atoms with van der Waals surface area (Å²) in [5, 5.41) is 0. The van der Waals surface area contributed by atoms with Gasteiger partial charge in [0.2, 0.25) is 0 Å². The van der Waals surface area contributed by atoms with Crippen molar-refractivity contribution in [3.63, 3.8) is 0 Å². The van der Waals surface area contributed by atoms with Gasteiger partial charge in [0.05, 0.1) is 12.0 Å². The van der Waals surface area contributed by atoms with E-state index in [-0.39, 0.29) is 12.0 Å². The minimum Gasteiger partial charge on any atom is -0.466 e. The Kier molecular flexibility index (Phi) is 6.04. The number of rotatable bonds is 9. The Morgan fingerprint density at radius 2 is 2.10 bits per heavy atom. The lowest BCUT2D eigenvalue weighted by atomic mass is 9.70. The molecule has 3 atom stereocenters. The summed E-state index contributed by atoms with van der Waals surface area (Å²) in [5.41, 5.74) is 1.94. The Hall–Kier alpha value is -2.14. The molecule has 156 valence electrons. The van der Waals surface area contributed by atoms with Crippen LogP contribution in [0.5, 0.6) is 0 Å². The smallest absolute Gasteiger partial charge is 0.314 e. The molecule has 5 heteroatoms. The van der Waals surface area contributed by atoms with Crippen LogP contribution in [0.2, 0.25) is 0 Å². The molecule has 2 bridgehead atoms. The predicted octanol–water partition coefficient (Wildman–Crippen LogP) is 4.28. The molecule has 1 N–H and O–H groups in total. The number of unbranched alkanes of at least 4 members (excludes halogenated alkanes) is 1. The highest BCUT2D eigenvalue weighted by Crippen LogP contribution is 2.52. The van der Waals surface area contributed by atoms with Crippen molar-refractivity contribution in [3.8, 4) is 0 Å². The zero-order valence-corrected chi connectivity index (χ0v) is 17.7. The Balaban J connectivity index is 1.55. The van der Waals surface area contributed by atoms with E-state index in [0.717, 1.165) is 56.6 Å². The lowest BCUT2D eigenvalue weighted by Crippen LogP contribution is -2.46. The highest BCUT2D eigenvalue weighted by atomic mass is 16.5. The van der Waals surface area contributed by atoms with E-state index in [1.54, 1.807) is 0 Å². The van der Waals surface area contributed by atoms with Crippen molar-refractivity contribution in [1.29, 1.82) is 0 Å². The number of hydrogen-bond donors (Lipinski definition) is 1. The monoisotopic (exact) mass is 395 g/mol. The number of nitrogens with zero attached hydrogens (tertiary/aromatic N) is 2. The zero-order chi connectivity index (χ0) is 20.3. The summed E-state index contributed by atoms with van der Waals surface area (Å²) in [6.07, 6.45) is 9.19. The number of benzene rings is 1. The second-order valence-electron chi connectivity index (χ2n) is 8.62. The molecule has 2 fully saturated rings. The van der Waals surface area contributed by atoms with Gasteiger partial charge in [-0.2, -0.15) is 0 Å². The van der Waals surface area contributed by atoms with E-state index in [2.05, 4.69) is 46.1 Å². The van der Waals surface area contributed by atoms with Gasteiger partial charge in [-0.05, 0) is 44.6 Å². The van der Waals surface area contributed by atoms with Crippen molar-refractivity contribution in [1.82, 2.24) is 14.9 Å². The molecule has 0 saturated carbocycles. The molecule has 2 aliphatic heterocycles. The lowest BCUT2D eigenvalue weighted by molar-refractivity contribution is -0.157. The minimum absolute atomic E-state index is 0.0192. The number of carbonyl (C=O) groups excluding carboxylic acids is 1. The fourth-order valence-corrected chi connectivity index (χ4v) is 5.42. The lowest BCUT2D eigenvalue weighted by Gasteiger charge is -2.35. The Morgan fingerprint density at radius 1 is 1.28 bits per heavy atom. The molecule has 2 aliphatic rings. The molecule has 1 aromatic carbocycles. The summed E-state index contributed by atoms with van der Waals surface area (Å²) in [6.45, 7) is 5.38. The van der Waals surface area contributed by atoms with Crippen LogP contribution < -0.4 is 0 Å². The van der Waals surface area contributed by atoms with E-state index in [1.807, 2.05) is 19.2 Å². The van der Waals surface area contributed by atoms with Gasteiger partial charge in [0.1, 0.15) is 5.82 Å². The van der Waals surface area contributed by atoms with E-state index in [0.29, 0.717) is 12.6 Å². The second-order valence-corrected chi connectivity index (χ2v) is 8.62. The topological polar surface area (TPSA) is 58.2 Å². The van der Waals surface area contributed by atoms with Crippen LogP contribution in [0, 0.1) is 5.41 Å². The van der Waals surface area contributed by atoms with Crippen molar-refractivity contribution in [2.75, 3.05) is 6.61 Å². The molecule has 2 saturated heterocycles. The van der Waals surface area contributed by atoms with E-state index in [9.17, 15) is 4.79 Å². The number of nitrogens with one attached hydrogen (secondary N) is 1. The fourth-order valence-electron chi connectivity index (χ4n) is 5.42. The largest absolute Gasteiger partial charge is 0.466 e. The maximum absolute atomic E-state index is 13.2. The van der Waals surface area contributed by atoms with Gasteiger partial charge >= 0.3 is 5.97 Å². The fraction of sp³-hybridized carbons (Fsp3) is 0.583. The van der Waals surface area contributed by atoms with Gasteiger partial charge in [-0.3, -0.25) is 9.69 Å². The van der Waals surface area contributed by atoms with E-state index >= 15 is 0 Å². The summed E-state index contributed by atoms with van der Waals surface area (Å²) >= 11 is 0. The number of imidazole rings is 1. The average molecular weight is 396 g/mol. The second kappa shape index (κ2) is 8.70. The number of ether oxygens (including phenoxy) is 1. The van der Waals surface area contributed by atoms with Crippen LogP contribution in [0.25, 0.3) is 0 Å².